The molecule has 2 aliphatic rings. The predicted molar refractivity (Wildman–Crippen MR) is 86.4 cm³/mol. The van der Waals surface area contributed by atoms with Crippen LogP contribution in [0.4, 0.5) is 0 Å². The molecule has 7 nitrogen and oxygen atoms in total. The number of rotatable bonds is 6. The van der Waals surface area contributed by atoms with Crippen LogP contribution in [0.5, 0.6) is 11.5 Å². The van der Waals surface area contributed by atoms with E-state index in [2.05, 4.69) is 15.5 Å². The van der Waals surface area contributed by atoms with Crippen molar-refractivity contribution < 1.29 is 18.7 Å². The summed E-state index contributed by atoms with van der Waals surface area (Å²) in [6.07, 6.45) is 2.03. The van der Waals surface area contributed by atoms with Gasteiger partial charge in [0.05, 0.1) is 12.3 Å². The Bertz CT molecular complexity index is 732. The van der Waals surface area contributed by atoms with E-state index in [0.29, 0.717) is 35.9 Å². The molecule has 2 heterocycles. The standard InChI is InChI=1S/C16H17N3O4S/c20-14(9-24-16-19-18-15(23-16)10-5-6-10)17-7-11-8-21-12-3-1-2-4-13(12)22-11/h1-4,10-11H,5-9H2,(H,17,20). The molecule has 24 heavy (non-hydrogen) atoms. The first-order valence-corrected chi connectivity index (χ1v) is 8.88. The topological polar surface area (TPSA) is 86.5 Å². The summed E-state index contributed by atoms with van der Waals surface area (Å²) < 4.78 is 16.9. The largest absolute Gasteiger partial charge is 0.486 e. The van der Waals surface area contributed by atoms with Crippen molar-refractivity contribution in [2.24, 2.45) is 0 Å². The van der Waals surface area contributed by atoms with Crippen LogP contribution in [0.3, 0.4) is 0 Å². The maximum absolute atomic E-state index is 11.9. The van der Waals surface area contributed by atoms with E-state index in [0.717, 1.165) is 18.6 Å². The number of para-hydroxylation sites is 2. The minimum absolute atomic E-state index is 0.103. The highest BCUT2D eigenvalue weighted by atomic mass is 32.2. The lowest BCUT2D eigenvalue weighted by atomic mass is 10.2. The van der Waals surface area contributed by atoms with Crippen LogP contribution in [0, 0.1) is 0 Å². The van der Waals surface area contributed by atoms with Crippen LogP contribution in [0.2, 0.25) is 0 Å². The molecule has 4 rings (SSSR count). The van der Waals surface area contributed by atoms with Gasteiger partial charge >= 0.3 is 0 Å². The van der Waals surface area contributed by atoms with E-state index in [1.165, 1.54) is 11.8 Å². The monoisotopic (exact) mass is 347 g/mol. The van der Waals surface area contributed by atoms with Crippen molar-refractivity contribution in [1.82, 2.24) is 15.5 Å². The van der Waals surface area contributed by atoms with Gasteiger partial charge in [0.2, 0.25) is 11.8 Å². The van der Waals surface area contributed by atoms with Gasteiger partial charge in [0.15, 0.2) is 11.5 Å². The van der Waals surface area contributed by atoms with Crippen LogP contribution >= 0.6 is 11.8 Å². The summed E-state index contributed by atoms with van der Waals surface area (Å²) in [4.78, 5) is 11.9. The highest BCUT2D eigenvalue weighted by Crippen LogP contribution is 2.39. The second-order valence-electron chi connectivity index (χ2n) is 5.77. The van der Waals surface area contributed by atoms with E-state index in [4.69, 9.17) is 13.9 Å². The average Bonchev–Trinajstić information content (AvgIpc) is 3.36. The number of carbonyl (C=O) groups excluding carboxylic acids is 1. The molecule has 0 saturated heterocycles. The summed E-state index contributed by atoms with van der Waals surface area (Å²) in [5.41, 5.74) is 0. The lowest BCUT2D eigenvalue weighted by Gasteiger charge is -2.26. The van der Waals surface area contributed by atoms with Crippen molar-refractivity contribution in [2.45, 2.75) is 30.1 Å². The van der Waals surface area contributed by atoms with Gasteiger partial charge in [-0.15, -0.1) is 10.2 Å². The smallest absolute Gasteiger partial charge is 0.277 e. The number of ether oxygens (including phenoxy) is 2. The molecule has 1 aromatic carbocycles. The van der Waals surface area contributed by atoms with Gasteiger partial charge in [-0.05, 0) is 25.0 Å². The molecule has 8 heteroatoms. The Morgan fingerprint density at radius 1 is 1.25 bits per heavy atom. The minimum Gasteiger partial charge on any atom is -0.486 e. The Morgan fingerprint density at radius 3 is 2.92 bits per heavy atom. The fraction of sp³-hybridized carbons (Fsp3) is 0.438. The predicted octanol–water partition coefficient (Wildman–Crippen LogP) is 2.00. The summed E-state index contributed by atoms with van der Waals surface area (Å²) in [7, 11) is 0. The van der Waals surface area contributed by atoms with Crippen molar-refractivity contribution >= 4 is 17.7 Å². The first-order chi connectivity index (χ1) is 11.8. The van der Waals surface area contributed by atoms with Crippen molar-refractivity contribution in [2.75, 3.05) is 18.9 Å². The van der Waals surface area contributed by atoms with E-state index < -0.39 is 0 Å². The third-order valence-corrected chi connectivity index (χ3v) is 4.59. The van der Waals surface area contributed by atoms with Crippen LogP contribution in [0.1, 0.15) is 24.7 Å². The Labute approximate surface area is 143 Å². The molecular weight excluding hydrogens is 330 g/mol. The van der Waals surface area contributed by atoms with Gasteiger partial charge in [0, 0.05) is 5.92 Å². The molecule has 1 aliphatic heterocycles. The number of aromatic nitrogens is 2. The number of benzene rings is 1. The normalized spacial score (nSPS) is 19.1. The molecule has 0 bridgehead atoms. The Balaban J connectivity index is 1.20. The number of carbonyl (C=O) groups is 1. The summed E-state index contributed by atoms with van der Waals surface area (Å²) in [6, 6.07) is 7.50. The molecule has 1 atom stereocenters. The lowest BCUT2D eigenvalue weighted by molar-refractivity contribution is -0.119. The van der Waals surface area contributed by atoms with Crippen LogP contribution in [-0.2, 0) is 4.79 Å². The van der Waals surface area contributed by atoms with Crippen molar-refractivity contribution in [3.05, 3.63) is 30.2 Å². The number of fused-ring (bicyclic) bond motifs is 1. The molecule has 1 saturated carbocycles. The van der Waals surface area contributed by atoms with E-state index in [-0.39, 0.29) is 17.8 Å². The zero-order valence-electron chi connectivity index (χ0n) is 12.9. The zero-order valence-corrected chi connectivity index (χ0v) is 13.8. The molecule has 1 unspecified atom stereocenters. The highest BCUT2D eigenvalue weighted by molar-refractivity contribution is 7.99. The Kier molecular flexibility index (Phi) is 4.29. The number of thioether (sulfide) groups is 1. The third kappa shape index (κ3) is 3.64. The number of nitrogens with zero attached hydrogens (tertiary/aromatic N) is 2. The van der Waals surface area contributed by atoms with Gasteiger partial charge in [-0.1, -0.05) is 23.9 Å². The molecule has 1 N–H and O–H groups in total. The third-order valence-electron chi connectivity index (χ3n) is 3.77. The van der Waals surface area contributed by atoms with E-state index >= 15 is 0 Å². The number of hydrogen-bond acceptors (Lipinski definition) is 7. The summed E-state index contributed by atoms with van der Waals surface area (Å²) in [6.45, 7) is 0.809. The van der Waals surface area contributed by atoms with Gasteiger partial charge in [0.25, 0.3) is 5.22 Å². The Hall–Kier alpha value is -2.22. The average molecular weight is 347 g/mol. The SMILES string of the molecule is O=C(CSc1nnc(C2CC2)o1)NCC1COc2ccccc2O1. The first-order valence-electron chi connectivity index (χ1n) is 7.89. The Morgan fingerprint density at radius 2 is 2.08 bits per heavy atom. The van der Waals surface area contributed by atoms with Crippen molar-refractivity contribution in [1.29, 1.82) is 0 Å². The summed E-state index contributed by atoms with van der Waals surface area (Å²) >= 11 is 1.25. The molecule has 126 valence electrons. The molecule has 1 aromatic heterocycles. The fourth-order valence-electron chi connectivity index (χ4n) is 2.34. The van der Waals surface area contributed by atoms with Gasteiger partial charge in [-0.3, -0.25) is 4.79 Å². The number of hydrogen-bond donors (Lipinski definition) is 1. The molecule has 0 spiro atoms. The first kappa shape index (κ1) is 15.3. The molecule has 2 aromatic rings. The van der Waals surface area contributed by atoms with Crippen LogP contribution in [0.15, 0.2) is 33.9 Å². The maximum atomic E-state index is 11.9. The van der Waals surface area contributed by atoms with Crippen LogP contribution < -0.4 is 14.8 Å². The van der Waals surface area contributed by atoms with E-state index in [1.54, 1.807) is 0 Å². The highest BCUT2D eigenvalue weighted by Gasteiger charge is 2.29. The fourth-order valence-corrected chi connectivity index (χ4v) is 2.94. The molecule has 1 aliphatic carbocycles. The molecule has 1 amide bonds. The van der Waals surface area contributed by atoms with E-state index in [9.17, 15) is 4.79 Å². The molecule has 0 radical (unpaired) electrons. The zero-order chi connectivity index (χ0) is 16.4. The second-order valence-corrected chi connectivity index (χ2v) is 6.70. The van der Waals surface area contributed by atoms with Crippen molar-refractivity contribution in [3.63, 3.8) is 0 Å². The minimum atomic E-state index is -0.196. The lowest BCUT2D eigenvalue weighted by Crippen LogP contribution is -2.41. The quantitative estimate of drug-likeness (QED) is 0.800. The maximum Gasteiger partial charge on any atom is 0.277 e. The van der Waals surface area contributed by atoms with Gasteiger partial charge < -0.3 is 19.2 Å². The van der Waals surface area contributed by atoms with Crippen LogP contribution in [-0.4, -0.2) is 41.1 Å². The van der Waals surface area contributed by atoms with Crippen molar-refractivity contribution in [3.8, 4) is 11.5 Å². The van der Waals surface area contributed by atoms with E-state index in [1.807, 2.05) is 24.3 Å². The number of amides is 1. The molecule has 1 fully saturated rings. The summed E-state index contributed by atoms with van der Waals surface area (Å²) in [5.74, 6) is 2.68. The van der Waals surface area contributed by atoms with Gasteiger partial charge in [-0.25, -0.2) is 0 Å². The number of nitrogens with one attached hydrogen (secondary N) is 1. The van der Waals surface area contributed by atoms with Gasteiger partial charge in [0.1, 0.15) is 12.7 Å². The van der Waals surface area contributed by atoms with Gasteiger partial charge in [-0.2, -0.15) is 0 Å². The summed E-state index contributed by atoms with van der Waals surface area (Å²) in [5, 5.41) is 11.2. The second kappa shape index (κ2) is 6.72. The van der Waals surface area contributed by atoms with Crippen LogP contribution in [0.25, 0.3) is 0 Å². The molecular formula is C16H17N3O4S.